The molecule has 1 aromatic heterocycles. The Labute approximate surface area is 98.4 Å². The second-order valence-electron chi connectivity index (χ2n) is 3.76. The first-order valence-electron chi connectivity index (χ1n) is 5.23. The fraction of sp³-hybridized carbons (Fsp3) is 0.600. The molecule has 0 spiro atoms. The number of methoxy groups -OCH3 is 1. The highest BCUT2D eigenvalue weighted by molar-refractivity contribution is 7.07. The lowest BCUT2D eigenvalue weighted by molar-refractivity contribution is 0.132. The predicted molar refractivity (Wildman–Crippen MR) is 61.3 cm³/mol. The first-order valence-corrected chi connectivity index (χ1v) is 6.17. The summed E-state index contributed by atoms with van der Waals surface area (Å²) in [6.07, 6.45) is 0.733. The molecule has 2 rings (SSSR count). The van der Waals surface area contributed by atoms with Crippen molar-refractivity contribution in [3.05, 3.63) is 16.6 Å². The molecular formula is C10H15N3O2S. The van der Waals surface area contributed by atoms with E-state index < -0.39 is 0 Å². The number of carbonyl (C=O) groups excluding carboxylic acids is 1. The minimum Gasteiger partial charge on any atom is -0.453 e. The second-order valence-corrected chi connectivity index (χ2v) is 4.48. The molecule has 1 saturated heterocycles. The van der Waals surface area contributed by atoms with Crippen LogP contribution in [0.1, 0.15) is 12.1 Å². The van der Waals surface area contributed by atoms with Crippen LogP contribution in [-0.4, -0.2) is 42.2 Å². The smallest absolute Gasteiger partial charge is 0.409 e. The summed E-state index contributed by atoms with van der Waals surface area (Å²) in [4.78, 5) is 17.2. The maximum absolute atomic E-state index is 11.3. The van der Waals surface area contributed by atoms with Crippen molar-refractivity contribution >= 4 is 17.4 Å². The van der Waals surface area contributed by atoms with Gasteiger partial charge < -0.3 is 15.0 Å². The van der Waals surface area contributed by atoms with E-state index >= 15 is 0 Å². The van der Waals surface area contributed by atoms with Crippen molar-refractivity contribution in [2.24, 2.45) is 0 Å². The number of aromatic nitrogens is 1. The van der Waals surface area contributed by atoms with Gasteiger partial charge in [0, 0.05) is 31.1 Å². The van der Waals surface area contributed by atoms with Crippen LogP contribution in [-0.2, 0) is 11.3 Å². The van der Waals surface area contributed by atoms with Gasteiger partial charge in [-0.1, -0.05) is 0 Å². The monoisotopic (exact) mass is 241 g/mol. The molecule has 0 saturated carbocycles. The number of thiazole rings is 1. The van der Waals surface area contributed by atoms with Gasteiger partial charge in [-0.05, 0) is 6.42 Å². The van der Waals surface area contributed by atoms with E-state index in [1.807, 2.05) is 10.9 Å². The number of nitrogens with one attached hydrogen (secondary N) is 1. The summed E-state index contributed by atoms with van der Waals surface area (Å²) in [6, 6.07) is 0.348. The number of rotatable bonds is 3. The van der Waals surface area contributed by atoms with Gasteiger partial charge in [-0.15, -0.1) is 11.3 Å². The molecule has 1 unspecified atom stereocenters. The highest BCUT2D eigenvalue weighted by atomic mass is 32.1. The van der Waals surface area contributed by atoms with Crippen LogP contribution < -0.4 is 5.32 Å². The molecule has 16 heavy (non-hydrogen) atoms. The van der Waals surface area contributed by atoms with Gasteiger partial charge in [0.2, 0.25) is 0 Å². The van der Waals surface area contributed by atoms with Crippen molar-refractivity contribution in [3.63, 3.8) is 0 Å². The zero-order valence-electron chi connectivity index (χ0n) is 9.18. The fourth-order valence-electron chi connectivity index (χ4n) is 1.80. The number of nitrogens with zero attached hydrogens (tertiary/aromatic N) is 2. The minimum atomic E-state index is -0.238. The van der Waals surface area contributed by atoms with Crippen LogP contribution >= 0.6 is 11.3 Å². The summed E-state index contributed by atoms with van der Waals surface area (Å²) < 4.78 is 4.68. The molecular weight excluding hydrogens is 226 g/mol. The number of hydrogen-bond donors (Lipinski definition) is 1. The molecule has 5 nitrogen and oxygen atoms in total. The average Bonchev–Trinajstić information content (AvgIpc) is 2.96. The van der Waals surface area contributed by atoms with E-state index in [1.165, 1.54) is 7.11 Å². The summed E-state index contributed by atoms with van der Waals surface area (Å²) in [5.41, 5.74) is 2.88. The third-order valence-corrected chi connectivity index (χ3v) is 3.31. The summed E-state index contributed by atoms with van der Waals surface area (Å²) >= 11 is 1.60. The van der Waals surface area contributed by atoms with Crippen molar-refractivity contribution in [2.75, 3.05) is 20.2 Å². The van der Waals surface area contributed by atoms with E-state index in [0.29, 0.717) is 6.04 Å². The van der Waals surface area contributed by atoms with E-state index in [2.05, 4.69) is 15.0 Å². The molecule has 88 valence electrons. The largest absolute Gasteiger partial charge is 0.453 e. The summed E-state index contributed by atoms with van der Waals surface area (Å²) in [5, 5.41) is 5.42. The van der Waals surface area contributed by atoms with Gasteiger partial charge in [0.05, 0.1) is 18.3 Å². The van der Waals surface area contributed by atoms with Gasteiger partial charge in [-0.25, -0.2) is 9.78 Å². The van der Waals surface area contributed by atoms with Crippen LogP contribution in [0.15, 0.2) is 10.9 Å². The Balaban J connectivity index is 1.75. The van der Waals surface area contributed by atoms with Crippen molar-refractivity contribution in [2.45, 2.75) is 19.0 Å². The van der Waals surface area contributed by atoms with Gasteiger partial charge in [-0.3, -0.25) is 0 Å². The maximum atomic E-state index is 11.3. The van der Waals surface area contributed by atoms with Crippen LogP contribution in [0.4, 0.5) is 4.79 Å². The molecule has 0 radical (unpaired) electrons. The molecule has 0 bridgehead atoms. The molecule has 1 atom stereocenters. The fourth-order valence-corrected chi connectivity index (χ4v) is 2.35. The molecule has 1 aliphatic rings. The maximum Gasteiger partial charge on any atom is 0.409 e. The highest BCUT2D eigenvalue weighted by Crippen LogP contribution is 2.11. The lowest BCUT2D eigenvalue weighted by Crippen LogP contribution is -2.34. The van der Waals surface area contributed by atoms with E-state index in [-0.39, 0.29) is 6.09 Å². The van der Waals surface area contributed by atoms with Crippen LogP contribution in [0, 0.1) is 0 Å². The normalized spacial score (nSPS) is 20.1. The first kappa shape index (κ1) is 11.3. The van der Waals surface area contributed by atoms with E-state index in [4.69, 9.17) is 0 Å². The van der Waals surface area contributed by atoms with Gasteiger partial charge in [0.15, 0.2) is 0 Å². The average molecular weight is 241 g/mol. The quantitative estimate of drug-likeness (QED) is 0.860. The lowest BCUT2D eigenvalue weighted by Gasteiger charge is -2.15. The van der Waals surface area contributed by atoms with Crippen LogP contribution in [0.5, 0.6) is 0 Å². The zero-order valence-corrected chi connectivity index (χ0v) is 10.00. The van der Waals surface area contributed by atoms with Crippen LogP contribution in [0.25, 0.3) is 0 Å². The molecule has 1 amide bonds. The second kappa shape index (κ2) is 5.27. The Hall–Kier alpha value is -1.14. The van der Waals surface area contributed by atoms with Crippen molar-refractivity contribution in [1.29, 1.82) is 0 Å². The molecule has 1 aromatic rings. The molecule has 0 aromatic carbocycles. The van der Waals surface area contributed by atoms with Crippen molar-refractivity contribution < 1.29 is 9.53 Å². The first-order chi connectivity index (χ1) is 7.79. The van der Waals surface area contributed by atoms with Gasteiger partial charge in [-0.2, -0.15) is 0 Å². The van der Waals surface area contributed by atoms with Crippen molar-refractivity contribution in [1.82, 2.24) is 15.2 Å². The van der Waals surface area contributed by atoms with E-state index in [9.17, 15) is 4.79 Å². The van der Waals surface area contributed by atoms with Gasteiger partial charge >= 0.3 is 6.09 Å². The standard InChI is InChI=1S/C10H15N3O2S/c1-15-10(14)13-3-2-8(5-13)11-4-9-6-16-7-12-9/h6-8,11H,2-5H2,1H3. The molecule has 0 aliphatic carbocycles. The predicted octanol–water partition coefficient (Wildman–Crippen LogP) is 1.07. The number of ether oxygens (including phenoxy) is 1. The van der Waals surface area contributed by atoms with E-state index in [1.54, 1.807) is 16.2 Å². The number of amides is 1. The zero-order chi connectivity index (χ0) is 11.4. The molecule has 1 aliphatic heterocycles. The summed E-state index contributed by atoms with van der Waals surface area (Å²) in [6.45, 7) is 2.25. The molecule has 6 heteroatoms. The Morgan fingerprint density at radius 2 is 2.69 bits per heavy atom. The lowest BCUT2D eigenvalue weighted by atomic mass is 10.2. The molecule has 1 fully saturated rings. The van der Waals surface area contributed by atoms with Gasteiger partial charge in [0.25, 0.3) is 0 Å². The van der Waals surface area contributed by atoms with Crippen LogP contribution in [0.3, 0.4) is 0 Å². The summed E-state index contributed by atoms with van der Waals surface area (Å²) in [5.74, 6) is 0. The number of carbonyl (C=O) groups is 1. The third kappa shape index (κ3) is 2.70. The van der Waals surface area contributed by atoms with Crippen LogP contribution in [0.2, 0.25) is 0 Å². The van der Waals surface area contributed by atoms with Crippen molar-refractivity contribution in [3.8, 4) is 0 Å². The highest BCUT2D eigenvalue weighted by Gasteiger charge is 2.26. The Morgan fingerprint density at radius 1 is 1.81 bits per heavy atom. The molecule has 1 N–H and O–H groups in total. The topological polar surface area (TPSA) is 54.5 Å². The minimum absolute atomic E-state index is 0.238. The third-order valence-electron chi connectivity index (χ3n) is 2.68. The Kier molecular flexibility index (Phi) is 3.74. The van der Waals surface area contributed by atoms with Gasteiger partial charge in [0.1, 0.15) is 0 Å². The molecule has 2 heterocycles. The summed E-state index contributed by atoms with van der Waals surface area (Å²) in [7, 11) is 1.42. The SMILES string of the molecule is COC(=O)N1CCC(NCc2cscn2)C1. The Morgan fingerprint density at radius 3 is 3.38 bits per heavy atom. The number of hydrogen-bond acceptors (Lipinski definition) is 5. The Bertz CT molecular complexity index is 342. The number of likely N-dealkylation sites (tertiary alicyclic amines) is 1. The van der Waals surface area contributed by atoms with E-state index in [0.717, 1.165) is 31.7 Å².